The fourth-order valence-electron chi connectivity index (χ4n) is 1.68. The molecular weight excluding hydrogens is 328 g/mol. The zero-order valence-electron chi connectivity index (χ0n) is 12.7. The molecule has 3 N–H and O–H groups in total. The highest BCUT2D eigenvalue weighted by molar-refractivity contribution is 7.71. The van der Waals surface area contributed by atoms with E-state index in [1.54, 1.807) is 0 Å². The summed E-state index contributed by atoms with van der Waals surface area (Å²) >= 11 is 0. The smallest absolute Gasteiger partial charge is 0.443 e. The molecule has 0 saturated carbocycles. The lowest BCUT2D eigenvalue weighted by Gasteiger charge is -2.17. The maximum Gasteiger partial charge on any atom is 0.443 e. The first kappa shape index (κ1) is 19.3. The maximum atomic E-state index is 13.0. The van der Waals surface area contributed by atoms with Gasteiger partial charge in [-0.15, -0.1) is 0 Å². The fraction of sp³-hybridized carbons (Fsp3) is 0.429. The van der Waals surface area contributed by atoms with Gasteiger partial charge in [0.2, 0.25) is 0 Å². The number of carbonyl (C=O) groups excluding carboxylic acids is 1. The zero-order valence-corrected chi connectivity index (χ0v) is 13.6. The van der Waals surface area contributed by atoms with Crippen molar-refractivity contribution in [2.75, 3.05) is 13.1 Å². The van der Waals surface area contributed by atoms with Crippen molar-refractivity contribution in [1.82, 2.24) is 5.32 Å². The second-order valence-electron chi connectivity index (χ2n) is 5.21. The molecule has 23 heavy (non-hydrogen) atoms. The summed E-state index contributed by atoms with van der Waals surface area (Å²) in [5, 5.41) is 11.5. The predicted molar refractivity (Wildman–Crippen MR) is 80.7 cm³/mol. The molecule has 0 aromatic heterocycles. The minimum atomic E-state index is -4.63. The van der Waals surface area contributed by atoms with Crippen molar-refractivity contribution in [3.05, 3.63) is 30.1 Å². The van der Waals surface area contributed by atoms with Crippen molar-refractivity contribution in [2.24, 2.45) is 11.8 Å². The summed E-state index contributed by atoms with van der Waals surface area (Å²) in [7, 11) is -4.63. The highest BCUT2D eigenvalue weighted by Gasteiger charge is 2.36. The molecule has 0 aliphatic heterocycles. The van der Waals surface area contributed by atoms with Gasteiger partial charge in [-0.1, -0.05) is 19.9 Å². The lowest BCUT2D eigenvalue weighted by molar-refractivity contribution is -0.140. The van der Waals surface area contributed by atoms with Gasteiger partial charge < -0.3 is 19.8 Å². The van der Waals surface area contributed by atoms with E-state index in [4.69, 9.17) is 9.63 Å². The Hall–Kier alpha value is -1.76. The van der Waals surface area contributed by atoms with Crippen LogP contribution in [0.4, 0.5) is 4.39 Å². The van der Waals surface area contributed by atoms with Crippen molar-refractivity contribution in [3.63, 3.8) is 0 Å². The summed E-state index contributed by atoms with van der Waals surface area (Å²) in [6, 6.07) is 4.57. The normalized spacial score (nSPS) is 16.2. The summed E-state index contributed by atoms with van der Waals surface area (Å²) in [5.74, 6) is -3.39. The quantitative estimate of drug-likeness (QED) is 0.584. The first-order valence-corrected chi connectivity index (χ1v) is 8.47. The highest BCUT2D eigenvalue weighted by Crippen LogP contribution is 2.45. The topological polar surface area (TPSA) is 113 Å². The number of aliphatic carboxylic acids is 1. The van der Waals surface area contributed by atoms with E-state index in [0.29, 0.717) is 0 Å². The monoisotopic (exact) mass is 347 g/mol. The standard InChI is InChI=1S/C14H19FNO6P/c1-9(13(17)18)7-16-8-10(2)14(19)23(20,21)22-12-5-3-4-11(15)6-12/h3-6,9-10,16H,7-8H2,1-2H3,(H,17,18)(H,20,21). The molecule has 128 valence electrons. The van der Waals surface area contributed by atoms with Crippen molar-refractivity contribution in [2.45, 2.75) is 13.8 Å². The third kappa shape index (κ3) is 6.09. The van der Waals surface area contributed by atoms with E-state index in [1.165, 1.54) is 26.0 Å². The van der Waals surface area contributed by atoms with Gasteiger partial charge in [0.25, 0.3) is 5.52 Å². The molecule has 0 saturated heterocycles. The van der Waals surface area contributed by atoms with Crippen LogP contribution in [0.3, 0.4) is 0 Å². The van der Waals surface area contributed by atoms with Gasteiger partial charge in [-0.3, -0.25) is 9.59 Å². The van der Waals surface area contributed by atoms with E-state index in [0.717, 1.165) is 12.1 Å². The molecule has 7 nitrogen and oxygen atoms in total. The van der Waals surface area contributed by atoms with Crippen LogP contribution in [0.1, 0.15) is 13.8 Å². The highest BCUT2D eigenvalue weighted by atomic mass is 31.2. The van der Waals surface area contributed by atoms with E-state index < -0.39 is 36.7 Å². The summed E-state index contributed by atoms with van der Waals surface area (Å²) < 4.78 is 29.7. The number of rotatable bonds is 9. The van der Waals surface area contributed by atoms with Crippen molar-refractivity contribution in [3.8, 4) is 5.75 Å². The van der Waals surface area contributed by atoms with Gasteiger partial charge in [0.15, 0.2) is 0 Å². The van der Waals surface area contributed by atoms with E-state index >= 15 is 0 Å². The lowest BCUT2D eigenvalue weighted by atomic mass is 10.1. The van der Waals surface area contributed by atoms with Crippen LogP contribution in [0.25, 0.3) is 0 Å². The van der Waals surface area contributed by atoms with Gasteiger partial charge in [-0.05, 0) is 12.1 Å². The fourth-order valence-corrected chi connectivity index (χ4v) is 2.82. The van der Waals surface area contributed by atoms with Crippen LogP contribution in [0.2, 0.25) is 0 Å². The molecule has 1 aromatic rings. The minimum Gasteiger partial charge on any atom is -0.481 e. The maximum absolute atomic E-state index is 13.0. The van der Waals surface area contributed by atoms with Crippen molar-refractivity contribution in [1.29, 1.82) is 0 Å². The van der Waals surface area contributed by atoms with Gasteiger partial charge in [0, 0.05) is 25.1 Å². The van der Waals surface area contributed by atoms with Crippen molar-refractivity contribution >= 4 is 19.1 Å². The lowest BCUT2D eigenvalue weighted by Crippen LogP contribution is -2.32. The van der Waals surface area contributed by atoms with Crippen LogP contribution in [0.15, 0.2) is 24.3 Å². The van der Waals surface area contributed by atoms with Gasteiger partial charge in [-0.25, -0.2) is 8.96 Å². The molecule has 9 heteroatoms. The number of nitrogens with one attached hydrogen (secondary N) is 1. The van der Waals surface area contributed by atoms with E-state index in [1.807, 2.05) is 0 Å². The minimum absolute atomic E-state index is 0.0213. The first-order valence-electron chi connectivity index (χ1n) is 6.89. The molecule has 1 aromatic carbocycles. The molecule has 3 unspecified atom stereocenters. The van der Waals surface area contributed by atoms with Crippen LogP contribution in [-0.2, 0) is 14.2 Å². The third-order valence-electron chi connectivity index (χ3n) is 3.05. The van der Waals surface area contributed by atoms with E-state index in [9.17, 15) is 23.4 Å². The van der Waals surface area contributed by atoms with E-state index in [2.05, 4.69) is 5.32 Å². The molecule has 0 spiro atoms. The molecule has 0 radical (unpaired) electrons. The Bertz CT molecular complexity index is 623. The number of hydrogen-bond donors (Lipinski definition) is 3. The molecule has 0 aliphatic carbocycles. The molecule has 0 bridgehead atoms. The molecule has 3 atom stereocenters. The second kappa shape index (κ2) is 8.19. The number of carbonyl (C=O) groups is 2. The predicted octanol–water partition coefficient (Wildman–Crippen LogP) is 1.86. The number of benzene rings is 1. The molecule has 0 heterocycles. The number of carboxylic acid groups (broad SMARTS) is 1. The zero-order chi connectivity index (χ0) is 17.6. The molecule has 0 amide bonds. The van der Waals surface area contributed by atoms with Crippen LogP contribution in [-0.4, -0.2) is 34.6 Å². The Morgan fingerprint density at radius 3 is 2.48 bits per heavy atom. The average Bonchev–Trinajstić information content (AvgIpc) is 2.45. The Kier molecular flexibility index (Phi) is 6.87. The summed E-state index contributed by atoms with van der Waals surface area (Å²) in [6.07, 6.45) is 0. The van der Waals surface area contributed by atoms with Crippen molar-refractivity contribution < 1.29 is 33.1 Å². The summed E-state index contributed by atoms with van der Waals surface area (Å²) in [6.45, 7) is 3.05. The molecule has 1 rings (SSSR count). The van der Waals surface area contributed by atoms with Crippen LogP contribution in [0.5, 0.6) is 5.75 Å². The molecule has 0 aliphatic rings. The largest absolute Gasteiger partial charge is 0.481 e. The van der Waals surface area contributed by atoms with Crippen LogP contribution >= 0.6 is 7.60 Å². The van der Waals surface area contributed by atoms with E-state index in [-0.39, 0.29) is 18.8 Å². The first-order chi connectivity index (χ1) is 10.6. The van der Waals surface area contributed by atoms with Gasteiger partial charge in [0.05, 0.1) is 5.92 Å². The molecular formula is C14H19FNO6P. The van der Waals surface area contributed by atoms with Gasteiger partial charge in [-0.2, -0.15) is 0 Å². The Labute approximate surface area is 133 Å². The number of carboxylic acids is 1. The second-order valence-corrected chi connectivity index (χ2v) is 6.87. The number of halogens is 1. The average molecular weight is 347 g/mol. The van der Waals surface area contributed by atoms with Crippen LogP contribution < -0.4 is 9.84 Å². The SMILES string of the molecule is CC(CNCC(C)C(=O)P(=O)(O)Oc1cccc(F)c1)C(=O)O. The third-order valence-corrected chi connectivity index (χ3v) is 4.50. The number of hydrogen-bond acceptors (Lipinski definition) is 5. The Balaban J connectivity index is 2.60. The Morgan fingerprint density at radius 2 is 1.91 bits per heavy atom. The van der Waals surface area contributed by atoms with Gasteiger partial charge >= 0.3 is 13.6 Å². The summed E-state index contributed by atoms with van der Waals surface area (Å²) in [4.78, 5) is 32.4. The summed E-state index contributed by atoms with van der Waals surface area (Å²) in [5.41, 5.74) is -1.03. The molecule has 0 fully saturated rings. The van der Waals surface area contributed by atoms with Gasteiger partial charge in [0.1, 0.15) is 11.6 Å². The van der Waals surface area contributed by atoms with Crippen LogP contribution in [0, 0.1) is 17.7 Å². The Morgan fingerprint density at radius 1 is 1.30 bits per heavy atom.